The molecule has 0 fully saturated rings. The Morgan fingerprint density at radius 3 is 2.20 bits per heavy atom. The van der Waals surface area contributed by atoms with E-state index in [-0.39, 0.29) is 17.2 Å². The summed E-state index contributed by atoms with van der Waals surface area (Å²) in [6.45, 7) is 2.40. The first kappa shape index (κ1) is 16.8. The predicted octanol–water partition coefficient (Wildman–Crippen LogP) is 4.11. The molecule has 0 saturated carbocycles. The second-order valence-electron chi connectivity index (χ2n) is 4.89. The first-order valence-electron chi connectivity index (χ1n) is 6.07. The number of thioether (sulfide) groups is 1. The number of nitro groups is 1. The Kier molecular flexibility index (Phi) is 5.44. The van der Waals surface area contributed by atoms with Gasteiger partial charge in [-0.2, -0.15) is 13.2 Å². The molecule has 0 amide bonds. The lowest BCUT2D eigenvalue weighted by Gasteiger charge is -2.32. The van der Waals surface area contributed by atoms with Gasteiger partial charge in [0, 0.05) is 4.92 Å². The number of nitrogens with zero attached hydrogens (tertiary/aromatic N) is 1. The van der Waals surface area contributed by atoms with E-state index in [0.29, 0.717) is 11.8 Å². The van der Waals surface area contributed by atoms with Gasteiger partial charge in [0.25, 0.3) is 0 Å². The summed E-state index contributed by atoms with van der Waals surface area (Å²) in [6.07, 6.45) is -4.69. The van der Waals surface area contributed by atoms with E-state index in [1.54, 1.807) is 19.9 Å². The Morgan fingerprint density at radius 1 is 1.25 bits per heavy atom. The van der Waals surface area contributed by atoms with Gasteiger partial charge in [0.05, 0.1) is 0 Å². The molecule has 0 spiro atoms. The summed E-state index contributed by atoms with van der Waals surface area (Å²) >= 11 is 0.599. The van der Waals surface area contributed by atoms with Crippen molar-refractivity contribution in [3.63, 3.8) is 0 Å². The van der Waals surface area contributed by atoms with Gasteiger partial charge in [0.1, 0.15) is 0 Å². The molecule has 0 heterocycles. The van der Waals surface area contributed by atoms with E-state index in [1.165, 1.54) is 24.3 Å². The van der Waals surface area contributed by atoms with Gasteiger partial charge < -0.3 is 0 Å². The number of alkyl halides is 3. The second-order valence-corrected chi connectivity index (χ2v) is 6.21. The molecule has 7 heteroatoms. The van der Waals surface area contributed by atoms with E-state index in [4.69, 9.17) is 0 Å². The van der Waals surface area contributed by atoms with Crippen LogP contribution in [0.25, 0.3) is 0 Å². The number of hydrogen-bond donors (Lipinski definition) is 0. The summed E-state index contributed by atoms with van der Waals surface area (Å²) in [5, 5.41) is 10.8. The molecule has 0 bridgehead atoms. The third-order valence-corrected chi connectivity index (χ3v) is 4.64. The van der Waals surface area contributed by atoms with E-state index in [1.807, 2.05) is 0 Å². The van der Waals surface area contributed by atoms with Crippen molar-refractivity contribution in [3.05, 3.63) is 46.0 Å². The summed E-state index contributed by atoms with van der Waals surface area (Å²) in [7, 11) is 0. The largest absolute Gasteiger partial charge is 0.413 e. The van der Waals surface area contributed by atoms with Crippen LogP contribution in [-0.2, 0) is 4.75 Å². The molecule has 0 saturated heterocycles. The zero-order valence-corrected chi connectivity index (χ0v) is 12.0. The highest BCUT2D eigenvalue weighted by Crippen LogP contribution is 2.50. The minimum Gasteiger partial charge on any atom is -0.264 e. The van der Waals surface area contributed by atoms with Gasteiger partial charge in [-0.05, 0) is 17.2 Å². The average molecular weight is 307 g/mol. The fourth-order valence-corrected chi connectivity index (χ4v) is 3.03. The molecule has 0 aliphatic carbocycles. The van der Waals surface area contributed by atoms with E-state index in [2.05, 4.69) is 0 Å². The van der Waals surface area contributed by atoms with Crippen molar-refractivity contribution in [2.45, 2.75) is 24.8 Å². The zero-order valence-electron chi connectivity index (χ0n) is 11.2. The van der Waals surface area contributed by atoms with Gasteiger partial charge in [0.2, 0.25) is 11.3 Å². The molecule has 0 unspecified atom stereocenters. The Morgan fingerprint density at radius 2 is 1.80 bits per heavy atom. The van der Waals surface area contributed by atoms with E-state index in [9.17, 15) is 23.3 Å². The summed E-state index contributed by atoms with van der Waals surface area (Å²) in [4.78, 5) is 9.88. The van der Waals surface area contributed by atoms with Crippen molar-refractivity contribution in [1.29, 1.82) is 0 Å². The molecule has 0 aromatic heterocycles. The van der Waals surface area contributed by atoms with Crippen LogP contribution < -0.4 is 0 Å². The summed E-state index contributed by atoms with van der Waals surface area (Å²) in [5.74, 6) is 0.208. The molecule has 0 N–H and O–H groups in total. The van der Waals surface area contributed by atoms with Crippen LogP contribution in [0.5, 0.6) is 0 Å². The predicted molar refractivity (Wildman–Crippen MR) is 73.3 cm³/mol. The standard InChI is InChI=1S/C13H16F3NO2S/c1-10(2)8-20-12(9-17(18)19,13(14,15)16)11-6-4-3-5-7-11/h3-7,10H,8-9H2,1-2H3/t12-/m0/s1. The molecular formula is C13H16F3NO2S. The second kappa shape index (κ2) is 6.47. The molecule has 1 aromatic carbocycles. The highest BCUT2D eigenvalue weighted by atomic mass is 32.2. The summed E-state index contributed by atoms with van der Waals surface area (Å²) in [5.41, 5.74) is -0.0742. The monoisotopic (exact) mass is 307 g/mol. The molecule has 1 rings (SSSR count). The summed E-state index contributed by atoms with van der Waals surface area (Å²) in [6, 6.07) is 7.11. The van der Waals surface area contributed by atoms with Gasteiger partial charge >= 0.3 is 6.18 Å². The maximum absolute atomic E-state index is 13.5. The van der Waals surface area contributed by atoms with Gasteiger partial charge in [-0.15, -0.1) is 11.8 Å². The third kappa shape index (κ3) is 3.88. The van der Waals surface area contributed by atoms with Crippen molar-refractivity contribution >= 4 is 11.8 Å². The molecule has 0 radical (unpaired) electrons. The Balaban J connectivity index is 3.30. The van der Waals surface area contributed by atoms with Crippen LogP contribution in [0, 0.1) is 16.0 Å². The van der Waals surface area contributed by atoms with Gasteiger partial charge in [-0.3, -0.25) is 10.1 Å². The van der Waals surface area contributed by atoms with Crippen molar-refractivity contribution in [2.75, 3.05) is 12.3 Å². The SMILES string of the molecule is CC(C)CS[C@@](C[N+](=O)[O-])(c1ccccc1)C(F)(F)F. The fourth-order valence-electron chi connectivity index (χ4n) is 1.75. The highest BCUT2D eigenvalue weighted by Gasteiger charge is 2.60. The molecule has 112 valence electrons. The summed E-state index contributed by atoms with van der Waals surface area (Å²) < 4.78 is 38.1. The van der Waals surface area contributed by atoms with Gasteiger partial charge in [-0.1, -0.05) is 44.2 Å². The van der Waals surface area contributed by atoms with Crippen LogP contribution in [-0.4, -0.2) is 23.4 Å². The number of hydrogen-bond acceptors (Lipinski definition) is 3. The topological polar surface area (TPSA) is 43.1 Å². The van der Waals surface area contributed by atoms with Crippen LogP contribution in [0.4, 0.5) is 13.2 Å². The molecular weight excluding hydrogens is 291 g/mol. The molecule has 0 aliphatic heterocycles. The zero-order chi connectivity index (χ0) is 15.4. The first-order chi connectivity index (χ1) is 9.19. The molecule has 1 atom stereocenters. The lowest BCUT2D eigenvalue weighted by atomic mass is 9.97. The third-order valence-electron chi connectivity index (χ3n) is 2.71. The lowest BCUT2D eigenvalue weighted by Crippen LogP contribution is -2.45. The van der Waals surface area contributed by atoms with Crippen molar-refractivity contribution in [1.82, 2.24) is 0 Å². The smallest absolute Gasteiger partial charge is 0.264 e. The minimum absolute atomic E-state index is 0.0113. The van der Waals surface area contributed by atoms with Crippen LogP contribution in [0.1, 0.15) is 19.4 Å². The van der Waals surface area contributed by atoms with E-state index >= 15 is 0 Å². The maximum Gasteiger partial charge on any atom is 0.413 e. The number of benzene rings is 1. The Hall–Kier alpha value is -1.24. The van der Waals surface area contributed by atoms with Crippen molar-refractivity contribution in [3.8, 4) is 0 Å². The average Bonchev–Trinajstić information content (AvgIpc) is 2.33. The van der Waals surface area contributed by atoms with Crippen molar-refractivity contribution < 1.29 is 18.1 Å². The maximum atomic E-state index is 13.5. The van der Waals surface area contributed by atoms with Crippen LogP contribution in [0.3, 0.4) is 0 Å². The van der Waals surface area contributed by atoms with E-state index < -0.39 is 22.4 Å². The first-order valence-corrected chi connectivity index (χ1v) is 7.05. The van der Waals surface area contributed by atoms with Crippen LogP contribution in [0.15, 0.2) is 30.3 Å². The molecule has 20 heavy (non-hydrogen) atoms. The molecule has 3 nitrogen and oxygen atoms in total. The van der Waals surface area contributed by atoms with E-state index in [0.717, 1.165) is 0 Å². The molecule has 0 aliphatic rings. The fraction of sp³-hybridized carbons (Fsp3) is 0.538. The van der Waals surface area contributed by atoms with Crippen LogP contribution in [0.2, 0.25) is 0 Å². The number of halogens is 3. The normalized spacial score (nSPS) is 15.1. The Bertz CT molecular complexity index is 451. The quantitative estimate of drug-likeness (QED) is 0.587. The minimum atomic E-state index is -4.69. The lowest BCUT2D eigenvalue weighted by molar-refractivity contribution is -0.494. The van der Waals surface area contributed by atoms with Crippen LogP contribution >= 0.6 is 11.8 Å². The van der Waals surface area contributed by atoms with Gasteiger partial charge in [-0.25, -0.2) is 0 Å². The molecule has 1 aromatic rings. The Labute approximate surface area is 119 Å². The van der Waals surface area contributed by atoms with Gasteiger partial charge in [0.15, 0.2) is 0 Å². The van der Waals surface area contributed by atoms with Crippen molar-refractivity contribution in [2.24, 2.45) is 5.92 Å². The highest BCUT2D eigenvalue weighted by molar-refractivity contribution is 8.00. The number of rotatable bonds is 6.